The summed E-state index contributed by atoms with van der Waals surface area (Å²) < 4.78 is 4.99. The van der Waals surface area contributed by atoms with Gasteiger partial charge in [0.2, 0.25) is 0 Å². The van der Waals surface area contributed by atoms with Gasteiger partial charge in [0.15, 0.2) is 0 Å². The highest BCUT2D eigenvalue weighted by Gasteiger charge is 2.31. The smallest absolute Gasteiger partial charge is 0.325 e. The SMILES string of the molecule is CCCN(CCCC(C)(N)C(=O)OCC)C1CC1. The van der Waals surface area contributed by atoms with E-state index in [0.717, 1.165) is 25.6 Å². The highest BCUT2D eigenvalue weighted by atomic mass is 16.5. The lowest BCUT2D eigenvalue weighted by Gasteiger charge is -2.25. The third kappa shape index (κ3) is 4.94. The molecule has 0 aliphatic heterocycles. The molecule has 0 radical (unpaired) electrons. The van der Waals surface area contributed by atoms with Gasteiger partial charge in [-0.3, -0.25) is 4.79 Å². The minimum Gasteiger partial charge on any atom is -0.465 e. The molecule has 1 saturated carbocycles. The van der Waals surface area contributed by atoms with Gasteiger partial charge in [0.1, 0.15) is 5.54 Å². The topological polar surface area (TPSA) is 55.6 Å². The summed E-state index contributed by atoms with van der Waals surface area (Å²) in [5, 5.41) is 0. The van der Waals surface area contributed by atoms with Crippen molar-refractivity contribution in [2.45, 2.75) is 64.5 Å². The standard InChI is InChI=1S/C14H28N2O2/c1-4-10-16(12-7-8-12)11-6-9-14(3,15)13(17)18-5-2/h12H,4-11,15H2,1-3H3. The average Bonchev–Trinajstić information content (AvgIpc) is 3.12. The fourth-order valence-corrected chi connectivity index (χ4v) is 2.25. The van der Waals surface area contributed by atoms with Crippen molar-refractivity contribution in [3.05, 3.63) is 0 Å². The summed E-state index contributed by atoms with van der Waals surface area (Å²) in [5.74, 6) is -0.279. The second-order valence-corrected chi connectivity index (χ2v) is 5.51. The Hall–Kier alpha value is -0.610. The lowest BCUT2D eigenvalue weighted by atomic mass is 9.97. The molecule has 106 valence electrons. The molecule has 0 aromatic rings. The van der Waals surface area contributed by atoms with E-state index in [0.29, 0.717) is 13.0 Å². The van der Waals surface area contributed by atoms with Crippen LogP contribution in [0.5, 0.6) is 0 Å². The van der Waals surface area contributed by atoms with E-state index in [1.165, 1.54) is 19.3 Å². The second kappa shape index (κ2) is 7.10. The maximum absolute atomic E-state index is 11.7. The van der Waals surface area contributed by atoms with Crippen molar-refractivity contribution in [3.63, 3.8) is 0 Å². The highest BCUT2D eigenvalue weighted by Crippen LogP contribution is 2.27. The predicted octanol–water partition coefficient (Wildman–Crippen LogP) is 1.92. The van der Waals surface area contributed by atoms with E-state index in [9.17, 15) is 4.79 Å². The van der Waals surface area contributed by atoms with E-state index in [2.05, 4.69) is 11.8 Å². The summed E-state index contributed by atoms with van der Waals surface area (Å²) in [7, 11) is 0. The number of hydrogen-bond donors (Lipinski definition) is 1. The predicted molar refractivity (Wildman–Crippen MR) is 73.3 cm³/mol. The number of hydrogen-bond acceptors (Lipinski definition) is 4. The van der Waals surface area contributed by atoms with Crippen molar-refractivity contribution in [1.82, 2.24) is 4.90 Å². The zero-order chi connectivity index (χ0) is 13.6. The molecule has 4 heteroatoms. The maximum Gasteiger partial charge on any atom is 0.325 e. The highest BCUT2D eigenvalue weighted by molar-refractivity contribution is 5.79. The van der Waals surface area contributed by atoms with E-state index >= 15 is 0 Å². The lowest BCUT2D eigenvalue weighted by molar-refractivity contribution is -0.149. The summed E-state index contributed by atoms with van der Waals surface area (Å²) in [6.07, 6.45) is 5.50. The Morgan fingerprint density at radius 1 is 1.39 bits per heavy atom. The molecule has 0 aromatic heterocycles. The van der Waals surface area contributed by atoms with Crippen LogP contribution in [0.1, 0.15) is 52.9 Å². The summed E-state index contributed by atoms with van der Waals surface area (Å²) in [5.41, 5.74) is 5.17. The molecule has 2 N–H and O–H groups in total. The summed E-state index contributed by atoms with van der Waals surface area (Å²) in [4.78, 5) is 14.2. The number of carbonyl (C=O) groups excluding carboxylic acids is 1. The van der Waals surface area contributed by atoms with Gasteiger partial charge in [0.25, 0.3) is 0 Å². The van der Waals surface area contributed by atoms with Gasteiger partial charge >= 0.3 is 5.97 Å². The molecule has 0 heterocycles. The molecule has 1 aliphatic rings. The lowest BCUT2D eigenvalue weighted by Crippen LogP contribution is -2.46. The van der Waals surface area contributed by atoms with Crippen molar-refractivity contribution >= 4 is 5.97 Å². The number of carbonyl (C=O) groups is 1. The molecule has 1 aliphatic carbocycles. The van der Waals surface area contributed by atoms with E-state index in [1.54, 1.807) is 6.92 Å². The fraction of sp³-hybridized carbons (Fsp3) is 0.929. The Morgan fingerprint density at radius 2 is 2.06 bits per heavy atom. The van der Waals surface area contributed by atoms with Crippen molar-refractivity contribution in [2.75, 3.05) is 19.7 Å². The van der Waals surface area contributed by atoms with Crippen molar-refractivity contribution in [3.8, 4) is 0 Å². The Bertz CT molecular complexity index is 263. The van der Waals surface area contributed by atoms with Gasteiger partial charge in [-0.15, -0.1) is 0 Å². The first kappa shape index (κ1) is 15.4. The monoisotopic (exact) mass is 256 g/mol. The second-order valence-electron chi connectivity index (χ2n) is 5.51. The van der Waals surface area contributed by atoms with Crippen LogP contribution in [0.15, 0.2) is 0 Å². The van der Waals surface area contributed by atoms with Gasteiger partial charge in [-0.25, -0.2) is 0 Å². The third-order valence-electron chi connectivity index (χ3n) is 3.46. The first-order chi connectivity index (χ1) is 8.51. The maximum atomic E-state index is 11.7. The summed E-state index contributed by atoms with van der Waals surface area (Å²) >= 11 is 0. The van der Waals surface area contributed by atoms with Gasteiger partial charge < -0.3 is 15.4 Å². The first-order valence-corrected chi connectivity index (χ1v) is 7.21. The molecular formula is C14H28N2O2. The number of esters is 1. The number of ether oxygens (including phenoxy) is 1. The molecule has 0 saturated heterocycles. The van der Waals surface area contributed by atoms with Crippen LogP contribution in [0.25, 0.3) is 0 Å². The van der Waals surface area contributed by atoms with Crippen LogP contribution in [0, 0.1) is 0 Å². The van der Waals surface area contributed by atoms with Crippen molar-refractivity contribution in [1.29, 1.82) is 0 Å². The van der Waals surface area contributed by atoms with Crippen LogP contribution in [-0.2, 0) is 9.53 Å². The molecule has 1 fully saturated rings. The fourth-order valence-electron chi connectivity index (χ4n) is 2.25. The Morgan fingerprint density at radius 3 is 2.56 bits per heavy atom. The Kier molecular flexibility index (Phi) is 6.09. The van der Waals surface area contributed by atoms with E-state index in [4.69, 9.17) is 10.5 Å². The van der Waals surface area contributed by atoms with Gasteiger partial charge in [0, 0.05) is 6.04 Å². The molecule has 1 unspecified atom stereocenters. The molecule has 1 rings (SSSR count). The zero-order valence-electron chi connectivity index (χ0n) is 12.1. The largest absolute Gasteiger partial charge is 0.465 e. The van der Waals surface area contributed by atoms with Crippen LogP contribution in [0.2, 0.25) is 0 Å². The van der Waals surface area contributed by atoms with Gasteiger partial charge in [-0.1, -0.05) is 6.92 Å². The van der Waals surface area contributed by atoms with Crippen LogP contribution in [0.4, 0.5) is 0 Å². The van der Waals surface area contributed by atoms with Crippen molar-refractivity contribution in [2.24, 2.45) is 5.73 Å². The molecule has 0 bridgehead atoms. The van der Waals surface area contributed by atoms with E-state index in [-0.39, 0.29) is 5.97 Å². The minimum absolute atomic E-state index is 0.279. The Balaban J connectivity index is 2.28. The molecule has 0 amide bonds. The van der Waals surface area contributed by atoms with Gasteiger partial charge in [-0.2, -0.15) is 0 Å². The van der Waals surface area contributed by atoms with Crippen LogP contribution >= 0.6 is 0 Å². The molecular weight excluding hydrogens is 228 g/mol. The minimum atomic E-state index is -0.836. The first-order valence-electron chi connectivity index (χ1n) is 7.21. The van der Waals surface area contributed by atoms with Crippen molar-refractivity contribution < 1.29 is 9.53 Å². The molecule has 1 atom stereocenters. The zero-order valence-corrected chi connectivity index (χ0v) is 12.1. The van der Waals surface area contributed by atoms with Crippen LogP contribution in [0.3, 0.4) is 0 Å². The van der Waals surface area contributed by atoms with Crippen LogP contribution in [-0.4, -0.2) is 42.1 Å². The molecule has 18 heavy (non-hydrogen) atoms. The summed E-state index contributed by atoms with van der Waals surface area (Å²) in [6.45, 7) is 8.39. The van der Waals surface area contributed by atoms with Gasteiger partial charge in [-0.05, 0) is 59.0 Å². The molecule has 0 spiro atoms. The molecule has 4 nitrogen and oxygen atoms in total. The Labute approximate surface area is 111 Å². The number of rotatable bonds is 9. The number of nitrogens with zero attached hydrogens (tertiary/aromatic N) is 1. The quantitative estimate of drug-likeness (QED) is 0.640. The van der Waals surface area contributed by atoms with E-state index < -0.39 is 5.54 Å². The van der Waals surface area contributed by atoms with Crippen LogP contribution < -0.4 is 5.73 Å². The normalized spacial score (nSPS) is 18.7. The number of nitrogens with two attached hydrogens (primary N) is 1. The van der Waals surface area contributed by atoms with Gasteiger partial charge in [0.05, 0.1) is 6.61 Å². The third-order valence-corrected chi connectivity index (χ3v) is 3.46. The average molecular weight is 256 g/mol. The van der Waals surface area contributed by atoms with E-state index in [1.807, 2.05) is 6.92 Å². The molecule has 0 aromatic carbocycles. The summed E-state index contributed by atoms with van der Waals surface area (Å²) in [6, 6.07) is 0.788.